The molecular weight excluding hydrogens is 540 g/mol. The Morgan fingerprint density at radius 3 is 2.37 bits per heavy atom. The van der Waals surface area contributed by atoms with Gasteiger partial charge in [-0.25, -0.2) is 9.59 Å². The Hall–Kier alpha value is -4.24. The van der Waals surface area contributed by atoms with Gasteiger partial charge in [-0.1, -0.05) is 54.4 Å². The van der Waals surface area contributed by atoms with Gasteiger partial charge in [0.2, 0.25) is 0 Å². The first kappa shape index (κ1) is 28.3. The Morgan fingerprint density at radius 2 is 1.63 bits per heavy atom. The molecule has 0 atom stereocenters. The zero-order valence-corrected chi connectivity index (χ0v) is 24.2. The lowest BCUT2D eigenvalue weighted by atomic mass is 9.96. The minimum Gasteiger partial charge on any atom is -0.462 e. The van der Waals surface area contributed by atoms with Crippen molar-refractivity contribution in [1.82, 2.24) is 4.57 Å². The maximum absolute atomic E-state index is 13.5. The van der Waals surface area contributed by atoms with Gasteiger partial charge in [0.1, 0.15) is 10.7 Å². The van der Waals surface area contributed by atoms with Gasteiger partial charge in [0.25, 0.3) is 11.5 Å². The summed E-state index contributed by atoms with van der Waals surface area (Å²) < 4.78 is 12.0. The summed E-state index contributed by atoms with van der Waals surface area (Å²) in [5, 5.41) is 4.28. The summed E-state index contributed by atoms with van der Waals surface area (Å²) in [7, 11) is 1.52. The molecule has 1 aliphatic carbocycles. The van der Waals surface area contributed by atoms with Gasteiger partial charge >= 0.3 is 11.9 Å². The molecule has 4 aromatic rings. The van der Waals surface area contributed by atoms with Crippen LogP contribution in [0.25, 0.3) is 21.9 Å². The average Bonchev–Trinajstić information content (AvgIpc) is 3.14. The SMILES string of the molecule is CCOC(=O)c1c(NC(=O)COC(=O)c2c(-c3ccc(C)cc3)c3ccccc3c(=O)n2C)sc2c1CCCCC2. The number of fused-ring (bicyclic) bond motifs is 2. The van der Waals surface area contributed by atoms with Gasteiger partial charge in [0, 0.05) is 22.9 Å². The highest BCUT2D eigenvalue weighted by Crippen LogP contribution is 2.38. The number of esters is 2. The Balaban J connectivity index is 1.44. The zero-order valence-electron chi connectivity index (χ0n) is 23.4. The number of aryl methyl sites for hydroxylation is 2. The number of ether oxygens (including phenoxy) is 2. The van der Waals surface area contributed by atoms with Crippen LogP contribution in [0.4, 0.5) is 5.00 Å². The first-order chi connectivity index (χ1) is 19.8. The molecule has 0 bridgehead atoms. The van der Waals surface area contributed by atoms with Gasteiger partial charge in [0.05, 0.1) is 12.2 Å². The molecule has 0 unspecified atom stereocenters. The van der Waals surface area contributed by atoms with Crippen molar-refractivity contribution in [3.05, 3.63) is 86.1 Å². The van der Waals surface area contributed by atoms with E-state index in [9.17, 15) is 19.2 Å². The van der Waals surface area contributed by atoms with E-state index in [2.05, 4.69) is 5.32 Å². The normalized spacial score (nSPS) is 12.9. The van der Waals surface area contributed by atoms with Crippen molar-refractivity contribution in [1.29, 1.82) is 0 Å². The fourth-order valence-electron chi connectivity index (χ4n) is 5.33. The summed E-state index contributed by atoms with van der Waals surface area (Å²) in [6.45, 7) is 3.35. The number of nitrogens with zero attached hydrogens (tertiary/aromatic N) is 1. The predicted octanol–water partition coefficient (Wildman–Crippen LogP) is 5.82. The molecule has 1 N–H and O–H groups in total. The smallest absolute Gasteiger partial charge is 0.356 e. The van der Waals surface area contributed by atoms with Gasteiger partial charge in [-0.15, -0.1) is 11.3 Å². The lowest BCUT2D eigenvalue weighted by molar-refractivity contribution is -0.119. The highest BCUT2D eigenvalue weighted by molar-refractivity contribution is 7.17. The molecule has 2 aromatic carbocycles. The van der Waals surface area contributed by atoms with E-state index in [0.717, 1.165) is 53.7 Å². The van der Waals surface area contributed by atoms with Crippen LogP contribution in [0.3, 0.4) is 0 Å². The highest BCUT2D eigenvalue weighted by atomic mass is 32.1. The van der Waals surface area contributed by atoms with Gasteiger partial charge < -0.3 is 19.4 Å². The number of anilines is 1. The molecule has 2 heterocycles. The van der Waals surface area contributed by atoms with Gasteiger partial charge in [-0.05, 0) is 62.1 Å². The van der Waals surface area contributed by atoms with E-state index in [0.29, 0.717) is 26.9 Å². The van der Waals surface area contributed by atoms with Crippen LogP contribution in [0.1, 0.15) is 63.0 Å². The van der Waals surface area contributed by atoms with Crippen LogP contribution in [0, 0.1) is 6.92 Å². The van der Waals surface area contributed by atoms with E-state index in [-0.39, 0.29) is 17.9 Å². The van der Waals surface area contributed by atoms with Crippen molar-refractivity contribution >= 4 is 45.0 Å². The Kier molecular flexibility index (Phi) is 8.35. The highest BCUT2D eigenvalue weighted by Gasteiger charge is 2.28. The van der Waals surface area contributed by atoms with Crippen LogP contribution >= 0.6 is 11.3 Å². The molecule has 212 valence electrons. The van der Waals surface area contributed by atoms with Crippen molar-refractivity contribution in [2.75, 3.05) is 18.5 Å². The molecule has 0 spiro atoms. The molecular formula is C32H32N2O6S. The topological polar surface area (TPSA) is 104 Å². The zero-order chi connectivity index (χ0) is 29.1. The van der Waals surface area contributed by atoms with Crippen LogP contribution < -0.4 is 10.9 Å². The summed E-state index contributed by atoms with van der Waals surface area (Å²) in [6.07, 6.45) is 4.67. The van der Waals surface area contributed by atoms with E-state index < -0.39 is 24.5 Å². The van der Waals surface area contributed by atoms with Crippen LogP contribution in [0.2, 0.25) is 0 Å². The van der Waals surface area contributed by atoms with Crippen molar-refractivity contribution in [3.8, 4) is 11.1 Å². The number of benzene rings is 2. The molecule has 0 saturated heterocycles. The number of rotatable bonds is 7. The lowest BCUT2D eigenvalue weighted by Crippen LogP contribution is -2.28. The number of hydrogen-bond donors (Lipinski definition) is 1. The summed E-state index contributed by atoms with van der Waals surface area (Å²) in [5.41, 5.74) is 3.40. The second-order valence-electron chi connectivity index (χ2n) is 10.1. The standard InChI is InChI=1S/C32H32N2O6S/c1-4-39-31(37)27-23-12-6-5-7-13-24(23)41-29(27)33-25(35)18-40-32(38)28-26(20-16-14-19(2)15-17-20)21-10-8-9-11-22(21)30(36)34(28)3/h8-11,14-17H,4-7,12-13,18H2,1-3H3,(H,33,35). The largest absolute Gasteiger partial charge is 0.462 e. The van der Waals surface area contributed by atoms with E-state index in [1.54, 1.807) is 25.1 Å². The van der Waals surface area contributed by atoms with E-state index in [4.69, 9.17) is 9.47 Å². The van der Waals surface area contributed by atoms with E-state index >= 15 is 0 Å². The molecule has 0 fully saturated rings. The summed E-state index contributed by atoms with van der Waals surface area (Å²) >= 11 is 1.38. The molecule has 0 aliphatic heterocycles. The molecule has 9 heteroatoms. The number of carbonyl (C=O) groups is 3. The number of aromatic nitrogens is 1. The second kappa shape index (κ2) is 12.1. The van der Waals surface area contributed by atoms with Gasteiger partial charge in [0.15, 0.2) is 6.61 Å². The quantitative estimate of drug-likeness (QED) is 0.221. The van der Waals surface area contributed by atoms with Crippen molar-refractivity contribution in [2.45, 2.75) is 46.0 Å². The number of nitrogens with one attached hydrogen (secondary N) is 1. The third-order valence-corrected chi connectivity index (χ3v) is 8.53. The van der Waals surface area contributed by atoms with Crippen LogP contribution in [-0.4, -0.2) is 35.6 Å². The van der Waals surface area contributed by atoms with Crippen LogP contribution in [-0.2, 0) is 34.2 Å². The molecule has 0 saturated carbocycles. The van der Waals surface area contributed by atoms with Crippen molar-refractivity contribution in [2.24, 2.45) is 7.05 Å². The van der Waals surface area contributed by atoms with Gasteiger partial charge in [-0.3, -0.25) is 9.59 Å². The van der Waals surface area contributed by atoms with E-state index in [1.165, 1.54) is 23.0 Å². The number of thiophene rings is 1. The number of pyridine rings is 1. The average molecular weight is 573 g/mol. The molecule has 41 heavy (non-hydrogen) atoms. The fourth-order valence-corrected chi connectivity index (χ4v) is 6.62. The molecule has 1 amide bonds. The Morgan fingerprint density at radius 1 is 0.927 bits per heavy atom. The third kappa shape index (κ3) is 5.67. The summed E-state index contributed by atoms with van der Waals surface area (Å²) in [5.74, 6) is -1.84. The maximum atomic E-state index is 13.5. The van der Waals surface area contributed by atoms with Crippen molar-refractivity contribution in [3.63, 3.8) is 0 Å². The molecule has 5 rings (SSSR count). The monoisotopic (exact) mass is 572 g/mol. The Labute approximate surface area is 241 Å². The number of carbonyl (C=O) groups excluding carboxylic acids is 3. The first-order valence-electron chi connectivity index (χ1n) is 13.8. The molecule has 1 aliphatic rings. The minimum atomic E-state index is -0.798. The van der Waals surface area contributed by atoms with E-state index in [1.807, 2.05) is 37.3 Å². The van der Waals surface area contributed by atoms with Crippen LogP contribution in [0.5, 0.6) is 0 Å². The number of amides is 1. The minimum absolute atomic E-state index is 0.0559. The summed E-state index contributed by atoms with van der Waals surface area (Å²) in [6, 6.07) is 14.8. The predicted molar refractivity (Wildman–Crippen MR) is 160 cm³/mol. The third-order valence-electron chi connectivity index (χ3n) is 7.33. The van der Waals surface area contributed by atoms with Crippen LogP contribution in [0.15, 0.2) is 53.3 Å². The summed E-state index contributed by atoms with van der Waals surface area (Å²) in [4.78, 5) is 53.6. The first-order valence-corrected chi connectivity index (χ1v) is 14.6. The second-order valence-corrected chi connectivity index (χ2v) is 11.2. The number of hydrogen-bond acceptors (Lipinski definition) is 7. The molecule has 8 nitrogen and oxygen atoms in total. The molecule has 2 aromatic heterocycles. The van der Waals surface area contributed by atoms with Gasteiger partial charge in [-0.2, -0.15) is 0 Å². The lowest BCUT2D eigenvalue weighted by Gasteiger charge is -2.17. The fraction of sp³-hybridized carbons (Fsp3) is 0.312. The molecule has 0 radical (unpaired) electrons. The maximum Gasteiger partial charge on any atom is 0.356 e. The van der Waals surface area contributed by atoms with Crippen molar-refractivity contribution < 1.29 is 23.9 Å². The Bertz CT molecular complexity index is 1700.